The molecule has 0 aromatic heterocycles. The number of rotatable bonds is 3. The van der Waals surface area contributed by atoms with Gasteiger partial charge in [0.05, 0.1) is 13.2 Å². The molecule has 1 rings (SSSR count). The van der Waals surface area contributed by atoms with Crippen LogP contribution in [0.25, 0.3) is 0 Å². The summed E-state index contributed by atoms with van der Waals surface area (Å²) < 4.78 is 28.8. The molecule has 0 bridgehead atoms. The van der Waals surface area contributed by atoms with E-state index in [1.165, 1.54) is 0 Å². The zero-order chi connectivity index (χ0) is 8.97. The minimum atomic E-state index is -2.65. The van der Waals surface area contributed by atoms with Crippen LogP contribution in [0.4, 0.5) is 8.78 Å². The predicted molar refractivity (Wildman–Crippen MR) is 39.3 cm³/mol. The van der Waals surface area contributed by atoms with E-state index in [2.05, 4.69) is 0 Å². The van der Waals surface area contributed by atoms with Crippen molar-refractivity contribution in [3.63, 3.8) is 0 Å². The van der Waals surface area contributed by atoms with Gasteiger partial charge in [0.15, 0.2) is 0 Å². The second kappa shape index (κ2) is 4.69. The molecule has 0 saturated carbocycles. The van der Waals surface area contributed by atoms with E-state index in [1.807, 2.05) is 0 Å². The van der Waals surface area contributed by atoms with Gasteiger partial charge in [0.2, 0.25) is 0 Å². The lowest BCUT2D eigenvalue weighted by atomic mass is 10.3. The van der Waals surface area contributed by atoms with Gasteiger partial charge in [-0.25, -0.2) is 8.78 Å². The molecule has 0 aromatic rings. The summed E-state index contributed by atoms with van der Waals surface area (Å²) in [6, 6.07) is 0. The van der Waals surface area contributed by atoms with Crippen molar-refractivity contribution in [2.45, 2.75) is 12.5 Å². The number of nitrogens with zero attached hydrogens (tertiary/aromatic N) is 1. The molecule has 12 heavy (non-hydrogen) atoms. The van der Waals surface area contributed by atoms with Gasteiger partial charge in [-0.3, -0.25) is 4.90 Å². The van der Waals surface area contributed by atoms with Crippen LogP contribution in [0.2, 0.25) is 0 Å². The van der Waals surface area contributed by atoms with Crippen LogP contribution in [-0.4, -0.2) is 55.4 Å². The topological polar surface area (TPSA) is 32.7 Å². The first kappa shape index (κ1) is 9.83. The third-order valence-corrected chi connectivity index (χ3v) is 1.84. The van der Waals surface area contributed by atoms with E-state index in [1.54, 1.807) is 4.90 Å². The summed E-state index contributed by atoms with van der Waals surface area (Å²) in [7, 11) is 0. The third-order valence-electron chi connectivity index (χ3n) is 1.84. The van der Waals surface area contributed by atoms with Crippen LogP contribution in [0, 0.1) is 0 Å². The first-order valence-electron chi connectivity index (χ1n) is 3.96. The molecule has 1 fully saturated rings. The lowest BCUT2D eigenvalue weighted by molar-refractivity contribution is -0.0426. The predicted octanol–water partition coefficient (Wildman–Crippen LogP) is -0.0554. The Morgan fingerprint density at radius 1 is 1.33 bits per heavy atom. The molecule has 3 nitrogen and oxygen atoms in total. The number of morpholine rings is 1. The Morgan fingerprint density at radius 2 is 1.92 bits per heavy atom. The summed E-state index contributed by atoms with van der Waals surface area (Å²) >= 11 is 0. The van der Waals surface area contributed by atoms with Crippen molar-refractivity contribution < 1.29 is 18.6 Å². The lowest BCUT2D eigenvalue weighted by Crippen LogP contribution is -2.42. The second-order valence-corrected chi connectivity index (χ2v) is 2.81. The van der Waals surface area contributed by atoms with Crippen molar-refractivity contribution in [1.29, 1.82) is 0 Å². The highest BCUT2D eigenvalue weighted by Gasteiger charge is 2.21. The molecule has 5 heteroatoms. The van der Waals surface area contributed by atoms with Crippen LogP contribution in [0.1, 0.15) is 0 Å². The van der Waals surface area contributed by atoms with Crippen molar-refractivity contribution in [1.82, 2.24) is 4.90 Å². The van der Waals surface area contributed by atoms with E-state index in [0.717, 1.165) is 0 Å². The van der Waals surface area contributed by atoms with Gasteiger partial charge in [-0.1, -0.05) is 0 Å². The van der Waals surface area contributed by atoms with E-state index in [9.17, 15) is 8.78 Å². The number of aliphatic hydroxyl groups is 1. The second-order valence-electron chi connectivity index (χ2n) is 2.81. The summed E-state index contributed by atoms with van der Waals surface area (Å²) in [5.74, 6) is 0. The average molecular weight is 181 g/mol. The summed E-state index contributed by atoms with van der Waals surface area (Å²) in [6.45, 7) is 2.43. The van der Waals surface area contributed by atoms with E-state index in [4.69, 9.17) is 9.84 Å². The Bertz CT molecular complexity index is 129. The van der Waals surface area contributed by atoms with Gasteiger partial charge < -0.3 is 9.84 Å². The molecule has 0 radical (unpaired) electrons. The third kappa shape index (κ3) is 3.00. The Labute approximate surface area is 69.9 Å². The van der Waals surface area contributed by atoms with E-state index >= 15 is 0 Å². The van der Waals surface area contributed by atoms with Crippen LogP contribution < -0.4 is 0 Å². The molecule has 0 spiro atoms. The highest BCUT2D eigenvalue weighted by Crippen LogP contribution is 2.04. The molecule has 1 saturated heterocycles. The van der Waals surface area contributed by atoms with Gasteiger partial charge in [0, 0.05) is 19.6 Å². The maximum atomic E-state index is 11.9. The average Bonchev–Trinajstić information content (AvgIpc) is 2.06. The van der Waals surface area contributed by atoms with Gasteiger partial charge in [-0.05, 0) is 0 Å². The number of halogens is 2. The Hall–Kier alpha value is -0.260. The van der Waals surface area contributed by atoms with Crippen molar-refractivity contribution >= 4 is 0 Å². The molecule has 1 aliphatic heterocycles. The molecular formula is C7H13F2NO2. The Morgan fingerprint density at radius 3 is 2.42 bits per heavy atom. The van der Waals surface area contributed by atoms with E-state index < -0.39 is 12.5 Å². The fourth-order valence-electron chi connectivity index (χ4n) is 1.13. The van der Waals surface area contributed by atoms with E-state index in [-0.39, 0.29) is 6.54 Å². The first-order chi connectivity index (χ1) is 5.70. The lowest BCUT2D eigenvalue weighted by Gasteiger charge is -2.28. The minimum Gasteiger partial charge on any atom is -0.386 e. The Balaban J connectivity index is 2.20. The van der Waals surface area contributed by atoms with Crippen LogP contribution in [0.3, 0.4) is 0 Å². The fraction of sp³-hybridized carbons (Fsp3) is 1.00. The zero-order valence-corrected chi connectivity index (χ0v) is 6.75. The smallest absolute Gasteiger partial charge is 0.265 e. The summed E-state index contributed by atoms with van der Waals surface area (Å²) in [6.07, 6.45) is -4.17. The number of hydrogen-bond donors (Lipinski definition) is 1. The van der Waals surface area contributed by atoms with Crippen LogP contribution in [0.15, 0.2) is 0 Å². The SMILES string of the molecule is OC(CN1CCOCC1)C(F)F. The quantitative estimate of drug-likeness (QED) is 0.662. The highest BCUT2D eigenvalue weighted by atomic mass is 19.3. The zero-order valence-electron chi connectivity index (χ0n) is 6.75. The van der Waals surface area contributed by atoms with Crippen molar-refractivity contribution in [3.8, 4) is 0 Å². The maximum absolute atomic E-state index is 11.9. The fourth-order valence-corrected chi connectivity index (χ4v) is 1.13. The molecular weight excluding hydrogens is 168 g/mol. The van der Waals surface area contributed by atoms with Crippen LogP contribution in [0.5, 0.6) is 0 Å². The molecule has 1 unspecified atom stereocenters. The molecule has 0 amide bonds. The molecule has 1 heterocycles. The monoisotopic (exact) mass is 181 g/mol. The highest BCUT2D eigenvalue weighted by molar-refractivity contribution is 4.68. The normalized spacial score (nSPS) is 23.0. The van der Waals surface area contributed by atoms with Crippen molar-refractivity contribution in [2.24, 2.45) is 0 Å². The molecule has 0 aliphatic carbocycles. The molecule has 1 N–H and O–H groups in total. The number of aliphatic hydroxyl groups excluding tert-OH is 1. The summed E-state index contributed by atoms with van der Waals surface area (Å²) in [5, 5.41) is 8.85. The van der Waals surface area contributed by atoms with Crippen LogP contribution in [-0.2, 0) is 4.74 Å². The van der Waals surface area contributed by atoms with Gasteiger partial charge in [-0.2, -0.15) is 0 Å². The van der Waals surface area contributed by atoms with Gasteiger partial charge in [-0.15, -0.1) is 0 Å². The standard InChI is InChI=1S/C7H13F2NO2/c8-7(9)6(11)5-10-1-3-12-4-2-10/h6-7,11H,1-5H2. The summed E-state index contributed by atoms with van der Waals surface area (Å²) in [5.41, 5.74) is 0. The molecule has 72 valence electrons. The molecule has 1 aliphatic rings. The Kier molecular flexibility index (Phi) is 3.84. The first-order valence-corrected chi connectivity index (χ1v) is 3.96. The van der Waals surface area contributed by atoms with Crippen LogP contribution >= 0.6 is 0 Å². The van der Waals surface area contributed by atoms with Crippen molar-refractivity contribution in [3.05, 3.63) is 0 Å². The minimum absolute atomic E-state index is 0.0427. The number of β-amino-alcohol motifs (C(OH)–C–C–N with tert-alkyl or cyclic N) is 1. The van der Waals surface area contributed by atoms with Gasteiger partial charge in [0.25, 0.3) is 6.43 Å². The molecule has 0 aromatic carbocycles. The number of hydrogen-bond acceptors (Lipinski definition) is 3. The van der Waals surface area contributed by atoms with Crippen molar-refractivity contribution in [2.75, 3.05) is 32.8 Å². The molecule has 1 atom stereocenters. The number of ether oxygens (including phenoxy) is 1. The van der Waals surface area contributed by atoms with Gasteiger partial charge in [0.1, 0.15) is 6.10 Å². The van der Waals surface area contributed by atoms with Gasteiger partial charge >= 0.3 is 0 Å². The largest absolute Gasteiger partial charge is 0.386 e. The maximum Gasteiger partial charge on any atom is 0.265 e. The number of alkyl halides is 2. The summed E-state index contributed by atoms with van der Waals surface area (Å²) in [4.78, 5) is 1.78. The van der Waals surface area contributed by atoms with E-state index in [0.29, 0.717) is 26.3 Å².